The number of methoxy groups -OCH3 is 1. The molecular formula is C23H37N3O3. The van der Waals surface area contributed by atoms with Gasteiger partial charge in [0.15, 0.2) is 0 Å². The first-order valence-corrected chi connectivity index (χ1v) is 11.1. The van der Waals surface area contributed by atoms with Crippen molar-refractivity contribution in [2.75, 3.05) is 60.0 Å². The molecule has 0 aliphatic carbocycles. The normalized spacial score (nSPS) is 19.2. The zero-order chi connectivity index (χ0) is 20.5. The number of carbonyl (C=O) groups is 1. The molecule has 6 nitrogen and oxygen atoms in total. The van der Waals surface area contributed by atoms with Gasteiger partial charge in [-0.2, -0.15) is 5.06 Å². The Morgan fingerprint density at radius 3 is 2.59 bits per heavy atom. The van der Waals surface area contributed by atoms with Crippen molar-refractivity contribution >= 4 is 5.91 Å². The molecule has 0 radical (unpaired) electrons. The zero-order valence-corrected chi connectivity index (χ0v) is 18.1. The van der Waals surface area contributed by atoms with Gasteiger partial charge in [-0.3, -0.25) is 9.63 Å². The summed E-state index contributed by atoms with van der Waals surface area (Å²) in [5, 5.41) is 1.97. The Morgan fingerprint density at radius 2 is 1.93 bits per heavy atom. The van der Waals surface area contributed by atoms with Crippen LogP contribution in [0.5, 0.6) is 5.75 Å². The van der Waals surface area contributed by atoms with E-state index in [9.17, 15) is 4.79 Å². The first-order chi connectivity index (χ1) is 14.1. The standard InChI is InChI=1S/C23H37N3O3/c1-24-14-9-21(10-15-24)19-25(16-11-20-5-7-22(28-2)8-6-20)23(27)12-17-26-13-3-4-18-29-26/h5-8,21H,3-4,9-19H2,1-2H3. The molecule has 1 aromatic rings. The Kier molecular flexibility index (Phi) is 8.77. The largest absolute Gasteiger partial charge is 0.497 e. The molecule has 0 saturated carbocycles. The molecule has 0 atom stereocenters. The fraction of sp³-hybridized carbons (Fsp3) is 0.696. The summed E-state index contributed by atoms with van der Waals surface area (Å²) < 4.78 is 5.25. The molecular weight excluding hydrogens is 366 g/mol. The maximum atomic E-state index is 13.1. The number of piperidine rings is 1. The van der Waals surface area contributed by atoms with E-state index in [-0.39, 0.29) is 5.91 Å². The highest BCUT2D eigenvalue weighted by Crippen LogP contribution is 2.19. The van der Waals surface area contributed by atoms with Crippen LogP contribution in [0.25, 0.3) is 0 Å². The molecule has 2 heterocycles. The number of hydrogen-bond donors (Lipinski definition) is 0. The lowest BCUT2D eigenvalue weighted by molar-refractivity contribution is -0.182. The molecule has 1 amide bonds. The van der Waals surface area contributed by atoms with Gasteiger partial charge in [0.25, 0.3) is 0 Å². The van der Waals surface area contributed by atoms with E-state index in [0.29, 0.717) is 18.9 Å². The van der Waals surface area contributed by atoms with Crippen LogP contribution in [-0.2, 0) is 16.1 Å². The summed E-state index contributed by atoms with van der Waals surface area (Å²) >= 11 is 0. The molecule has 2 aliphatic heterocycles. The highest BCUT2D eigenvalue weighted by Gasteiger charge is 2.23. The van der Waals surface area contributed by atoms with Gasteiger partial charge in [0, 0.05) is 32.6 Å². The summed E-state index contributed by atoms with van der Waals surface area (Å²) in [5.41, 5.74) is 1.24. The van der Waals surface area contributed by atoms with E-state index in [1.165, 1.54) is 18.4 Å². The first kappa shape index (κ1) is 22.1. The lowest BCUT2D eigenvalue weighted by Crippen LogP contribution is -2.42. The maximum Gasteiger partial charge on any atom is 0.223 e. The average Bonchev–Trinajstić information content (AvgIpc) is 2.77. The smallest absolute Gasteiger partial charge is 0.223 e. The highest BCUT2D eigenvalue weighted by atomic mass is 16.7. The van der Waals surface area contributed by atoms with Crippen LogP contribution in [0.4, 0.5) is 0 Å². The second-order valence-electron chi connectivity index (χ2n) is 8.40. The Bertz CT molecular complexity index is 608. The van der Waals surface area contributed by atoms with Crippen LogP contribution in [0, 0.1) is 5.92 Å². The molecule has 1 aromatic carbocycles. The van der Waals surface area contributed by atoms with Crippen molar-refractivity contribution in [1.82, 2.24) is 14.9 Å². The fourth-order valence-electron chi connectivity index (χ4n) is 4.13. The molecule has 0 N–H and O–H groups in total. The van der Waals surface area contributed by atoms with Crippen molar-refractivity contribution in [3.8, 4) is 5.75 Å². The third-order valence-corrected chi connectivity index (χ3v) is 6.15. The van der Waals surface area contributed by atoms with E-state index in [2.05, 4.69) is 29.0 Å². The van der Waals surface area contributed by atoms with Crippen molar-refractivity contribution in [2.24, 2.45) is 5.92 Å². The molecule has 29 heavy (non-hydrogen) atoms. The Balaban J connectivity index is 1.54. The SMILES string of the molecule is COc1ccc(CCN(CC2CCN(C)CC2)C(=O)CCN2CCCCO2)cc1. The van der Waals surface area contributed by atoms with Crippen LogP contribution in [0.2, 0.25) is 0 Å². The maximum absolute atomic E-state index is 13.1. The molecule has 2 saturated heterocycles. The van der Waals surface area contributed by atoms with Gasteiger partial charge in [0.2, 0.25) is 5.91 Å². The quantitative estimate of drug-likeness (QED) is 0.634. The zero-order valence-electron chi connectivity index (χ0n) is 18.1. The molecule has 162 valence electrons. The second-order valence-corrected chi connectivity index (χ2v) is 8.40. The van der Waals surface area contributed by atoms with E-state index in [0.717, 1.165) is 64.3 Å². The lowest BCUT2D eigenvalue weighted by Gasteiger charge is -2.34. The number of ether oxygens (including phenoxy) is 1. The number of amides is 1. The van der Waals surface area contributed by atoms with E-state index >= 15 is 0 Å². The molecule has 2 fully saturated rings. The summed E-state index contributed by atoms with van der Waals surface area (Å²) in [6, 6.07) is 8.18. The number of benzene rings is 1. The van der Waals surface area contributed by atoms with E-state index in [1.807, 2.05) is 17.2 Å². The Morgan fingerprint density at radius 1 is 1.17 bits per heavy atom. The van der Waals surface area contributed by atoms with E-state index < -0.39 is 0 Å². The van der Waals surface area contributed by atoms with Gasteiger partial charge in [0.1, 0.15) is 5.75 Å². The molecule has 0 bridgehead atoms. The number of hydroxylamine groups is 2. The molecule has 0 aromatic heterocycles. The second kappa shape index (κ2) is 11.5. The van der Waals surface area contributed by atoms with E-state index in [4.69, 9.17) is 9.57 Å². The minimum absolute atomic E-state index is 0.256. The molecule has 2 aliphatic rings. The van der Waals surface area contributed by atoms with Gasteiger partial charge < -0.3 is 14.5 Å². The van der Waals surface area contributed by atoms with Crippen LogP contribution < -0.4 is 4.74 Å². The number of hydrogen-bond acceptors (Lipinski definition) is 5. The summed E-state index contributed by atoms with van der Waals surface area (Å²) in [5.74, 6) is 1.73. The topological polar surface area (TPSA) is 45.2 Å². The highest BCUT2D eigenvalue weighted by molar-refractivity contribution is 5.76. The Hall–Kier alpha value is -1.63. The molecule has 0 spiro atoms. The van der Waals surface area contributed by atoms with Gasteiger partial charge in [-0.15, -0.1) is 0 Å². The minimum Gasteiger partial charge on any atom is -0.497 e. The monoisotopic (exact) mass is 403 g/mol. The van der Waals surface area contributed by atoms with Crippen molar-refractivity contribution in [2.45, 2.75) is 38.5 Å². The first-order valence-electron chi connectivity index (χ1n) is 11.1. The third-order valence-electron chi connectivity index (χ3n) is 6.15. The molecule has 3 rings (SSSR count). The van der Waals surface area contributed by atoms with Crippen molar-refractivity contribution in [1.29, 1.82) is 0 Å². The lowest BCUT2D eigenvalue weighted by atomic mass is 9.96. The van der Waals surface area contributed by atoms with Gasteiger partial charge in [-0.1, -0.05) is 12.1 Å². The third kappa shape index (κ3) is 7.28. The number of likely N-dealkylation sites (tertiary alicyclic amines) is 1. The van der Waals surface area contributed by atoms with Gasteiger partial charge >= 0.3 is 0 Å². The summed E-state index contributed by atoms with van der Waals surface area (Å²) in [6.07, 6.45) is 6.05. The molecule has 6 heteroatoms. The fourth-order valence-corrected chi connectivity index (χ4v) is 4.13. The van der Waals surface area contributed by atoms with Crippen LogP contribution >= 0.6 is 0 Å². The summed E-state index contributed by atoms with van der Waals surface area (Å²) in [7, 11) is 3.87. The van der Waals surface area contributed by atoms with Crippen LogP contribution in [0.1, 0.15) is 37.7 Å². The molecule has 0 unspecified atom stereocenters. The average molecular weight is 404 g/mol. The summed E-state index contributed by atoms with van der Waals surface area (Å²) in [4.78, 5) is 23.2. The number of rotatable bonds is 9. The van der Waals surface area contributed by atoms with Crippen LogP contribution in [0.15, 0.2) is 24.3 Å². The van der Waals surface area contributed by atoms with Crippen molar-refractivity contribution in [3.63, 3.8) is 0 Å². The summed E-state index contributed by atoms with van der Waals surface area (Å²) in [6.45, 7) is 6.34. The predicted octanol–water partition coefficient (Wildman–Crippen LogP) is 2.83. The van der Waals surface area contributed by atoms with Crippen LogP contribution in [0.3, 0.4) is 0 Å². The Labute approximate surface area is 175 Å². The minimum atomic E-state index is 0.256. The predicted molar refractivity (Wildman–Crippen MR) is 115 cm³/mol. The van der Waals surface area contributed by atoms with Crippen LogP contribution in [-0.4, -0.2) is 80.8 Å². The van der Waals surface area contributed by atoms with Crippen molar-refractivity contribution in [3.05, 3.63) is 29.8 Å². The van der Waals surface area contributed by atoms with Gasteiger partial charge in [0.05, 0.1) is 13.7 Å². The number of carbonyl (C=O) groups excluding carboxylic acids is 1. The van der Waals surface area contributed by atoms with Crippen molar-refractivity contribution < 1.29 is 14.4 Å². The van der Waals surface area contributed by atoms with Gasteiger partial charge in [-0.25, -0.2) is 0 Å². The number of nitrogens with zero attached hydrogens (tertiary/aromatic N) is 3. The van der Waals surface area contributed by atoms with E-state index in [1.54, 1.807) is 7.11 Å². The van der Waals surface area contributed by atoms with Gasteiger partial charge in [-0.05, 0) is 75.9 Å².